The number of nitrogens with zero attached hydrogens (tertiary/aromatic N) is 1. The minimum atomic E-state index is -3.38. The fourth-order valence-electron chi connectivity index (χ4n) is 3.77. The minimum Gasteiger partial charge on any atom is -0.488 e. The maximum Gasteiger partial charge on any atom is 0.419 e. The number of carboxylic acids is 1. The number of hydrogen-bond acceptors (Lipinski definition) is 8. The average Bonchev–Trinajstić information content (AvgIpc) is 3.29. The molecule has 3 aromatic rings. The first-order valence-electron chi connectivity index (χ1n) is 12.6. The molecule has 0 unspecified atom stereocenters. The molecule has 1 heterocycles. The number of carbonyl (C=O) groups is 2. The van der Waals surface area contributed by atoms with E-state index in [4.69, 9.17) is 18.9 Å². The largest absolute Gasteiger partial charge is 0.488 e. The number of rotatable bonds is 11. The van der Waals surface area contributed by atoms with Gasteiger partial charge in [0.05, 0.1) is 23.8 Å². The summed E-state index contributed by atoms with van der Waals surface area (Å²) in [4.78, 5) is 25.2. The number of hydrogen-bond donors (Lipinski definition) is 1. The van der Waals surface area contributed by atoms with Crippen molar-refractivity contribution in [3.05, 3.63) is 60.3 Å². The van der Waals surface area contributed by atoms with E-state index in [2.05, 4.69) is 0 Å². The van der Waals surface area contributed by atoms with Gasteiger partial charge in [-0.1, -0.05) is 20.8 Å². The molecule has 0 bridgehead atoms. The third-order valence-electron chi connectivity index (χ3n) is 5.76. The predicted octanol–water partition coefficient (Wildman–Crippen LogP) is 5.88. The highest BCUT2D eigenvalue weighted by Crippen LogP contribution is 2.34. The van der Waals surface area contributed by atoms with Crippen LogP contribution < -0.4 is 9.47 Å². The summed E-state index contributed by atoms with van der Waals surface area (Å²) in [5.74, 6) is -0.225. The second kappa shape index (κ2) is 12.6. The van der Waals surface area contributed by atoms with Gasteiger partial charge in [-0.15, -0.1) is 0 Å². The molecule has 0 saturated heterocycles. The van der Waals surface area contributed by atoms with Gasteiger partial charge in [-0.2, -0.15) is 0 Å². The summed E-state index contributed by atoms with van der Waals surface area (Å²) in [5.41, 5.74) is 0.366. The Morgan fingerprint density at radius 2 is 1.62 bits per heavy atom. The number of methoxy groups -OCH3 is 1. The molecule has 40 heavy (non-hydrogen) atoms. The smallest absolute Gasteiger partial charge is 0.419 e. The van der Waals surface area contributed by atoms with Crippen LogP contribution in [0.25, 0.3) is 11.3 Å². The summed E-state index contributed by atoms with van der Waals surface area (Å²) in [6.45, 7) is 8.28. The summed E-state index contributed by atoms with van der Waals surface area (Å²) in [7, 11) is -1.82. The minimum absolute atomic E-state index is 0.0776. The third-order valence-corrected chi connectivity index (χ3v) is 6.89. The zero-order valence-corrected chi connectivity index (χ0v) is 24.3. The monoisotopic (exact) mass is 573 g/mol. The fourth-order valence-corrected chi connectivity index (χ4v) is 4.40. The molecule has 2 aromatic carbocycles. The summed E-state index contributed by atoms with van der Waals surface area (Å²) in [6, 6.07) is 13.7. The molecule has 0 saturated carbocycles. The van der Waals surface area contributed by atoms with Crippen LogP contribution in [-0.2, 0) is 19.3 Å². The molecule has 10 nitrogen and oxygen atoms in total. The molecule has 0 aliphatic carbocycles. The lowest BCUT2D eigenvalue weighted by Gasteiger charge is -2.19. The van der Waals surface area contributed by atoms with E-state index in [1.54, 1.807) is 25.3 Å². The first-order valence-corrected chi connectivity index (χ1v) is 14.5. The molecule has 1 atom stereocenters. The predicted molar refractivity (Wildman–Crippen MR) is 149 cm³/mol. The van der Waals surface area contributed by atoms with E-state index in [1.807, 2.05) is 27.7 Å². The van der Waals surface area contributed by atoms with Crippen LogP contribution in [0.4, 0.5) is 4.79 Å². The highest BCUT2D eigenvalue weighted by atomic mass is 32.2. The summed E-state index contributed by atoms with van der Waals surface area (Å²) in [6.07, 6.45) is 0.561. The Hall–Kier alpha value is -3.83. The van der Waals surface area contributed by atoms with E-state index < -0.39 is 21.9 Å². The number of sulfone groups is 1. The van der Waals surface area contributed by atoms with Crippen molar-refractivity contribution in [2.45, 2.75) is 45.1 Å². The van der Waals surface area contributed by atoms with Crippen molar-refractivity contribution in [1.29, 1.82) is 0 Å². The van der Waals surface area contributed by atoms with Crippen molar-refractivity contribution in [2.24, 2.45) is 5.41 Å². The highest BCUT2D eigenvalue weighted by Gasteiger charge is 2.24. The quantitative estimate of drug-likeness (QED) is 0.299. The van der Waals surface area contributed by atoms with E-state index in [-0.39, 0.29) is 34.4 Å². The van der Waals surface area contributed by atoms with Crippen LogP contribution in [0.2, 0.25) is 0 Å². The maximum absolute atomic E-state index is 13.1. The molecule has 0 aliphatic rings. The fraction of sp³-hybridized carbons (Fsp3) is 0.379. The Labute approximate surface area is 234 Å². The molecule has 1 aromatic heterocycles. The molecule has 0 amide bonds. The van der Waals surface area contributed by atoms with Crippen LogP contribution in [-0.4, -0.2) is 62.8 Å². The van der Waals surface area contributed by atoms with Crippen LogP contribution in [0.5, 0.6) is 17.2 Å². The third kappa shape index (κ3) is 8.33. The number of carbonyl (C=O) groups excluding carboxylic acids is 1. The second-order valence-electron chi connectivity index (χ2n) is 10.6. The zero-order valence-electron chi connectivity index (χ0n) is 23.5. The van der Waals surface area contributed by atoms with Crippen molar-refractivity contribution >= 4 is 21.9 Å². The molecule has 3 rings (SSSR count). The van der Waals surface area contributed by atoms with Gasteiger partial charge in [0.25, 0.3) is 0 Å². The molecular weight excluding hydrogens is 538 g/mol. The van der Waals surface area contributed by atoms with Gasteiger partial charge in [-0.3, -0.25) is 0 Å². The van der Waals surface area contributed by atoms with Crippen molar-refractivity contribution in [2.75, 3.05) is 26.6 Å². The van der Waals surface area contributed by atoms with Crippen LogP contribution in [0, 0.1) is 5.41 Å². The SMILES string of the molecule is COC[C@H](C)Oc1cc(Oc2ccc(S(C)(=O)=O)cc2)cc(-c2ccc(C(=O)O)n2C(=O)OCCC(C)(C)C)c1. The highest BCUT2D eigenvalue weighted by molar-refractivity contribution is 7.90. The Morgan fingerprint density at radius 3 is 2.20 bits per heavy atom. The lowest BCUT2D eigenvalue weighted by atomic mass is 9.93. The number of carboxylic acid groups (broad SMARTS) is 1. The number of aromatic carboxylic acids is 1. The second-order valence-corrected chi connectivity index (χ2v) is 12.6. The van der Waals surface area contributed by atoms with Gasteiger partial charge in [-0.25, -0.2) is 22.6 Å². The number of aromatic nitrogens is 1. The topological polar surface area (TPSA) is 130 Å². The van der Waals surface area contributed by atoms with Gasteiger partial charge in [0.1, 0.15) is 29.0 Å². The molecule has 216 valence electrons. The van der Waals surface area contributed by atoms with Crippen molar-refractivity contribution in [3.8, 4) is 28.5 Å². The van der Waals surface area contributed by atoms with E-state index in [1.165, 1.54) is 36.4 Å². The summed E-state index contributed by atoms with van der Waals surface area (Å²) in [5, 5.41) is 9.76. The first-order chi connectivity index (χ1) is 18.7. The number of ether oxygens (including phenoxy) is 4. The van der Waals surface area contributed by atoms with E-state index >= 15 is 0 Å². The molecule has 0 spiro atoms. The molecule has 1 N–H and O–H groups in total. The van der Waals surface area contributed by atoms with Gasteiger partial charge < -0.3 is 24.1 Å². The Morgan fingerprint density at radius 1 is 0.975 bits per heavy atom. The first kappa shape index (κ1) is 30.7. The van der Waals surface area contributed by atoms with Crippen LogP contribution in [0.15, 0.2) is 59.5 Å². The number of benzene rings is 2. The lowest BCUT2D eigenvalue weighted by molar-refractivity contribution is 0.0680. The Bertz CT molecular complexity index is 1450. The molecular formula is C29H35NO9S. The van der Waals surface area contributed by atoms with E-state index in [0.717, 1.165) is 10.8 Å². The lowest BCUT2D eigenvalue weighted by Crippen LogP contribution is -2.22. The molecule has 11 heteroatoms. The van der Waals surface area contributed by atoms with Crippen LogP contribution in [0.3, 0.4) is 0 Å². The Balaban J connectivity index is 2.04. The normalized spacial score (nSPS) is 12.6. The molecule has 0 radical (unpaired) electrons. The average molecular weight is 574 g/mol. The van der Waals surface area contributed by atoms with Crippen molar-refractivity contribution in [3.63, 3.8) is 0 Å². The van der Waals surface area contributed by atoms with Crippen LogP contribution in [0.1, 0.15) is 44.6 Å². The van der Waals surface area contributed by atoms with Crippen molar-refractivity contribution < 1.29 is 42.1 Å². The van der Waals surface area contributed by atoms with Gasteiger partial charge >= 0.3 is 12.1 Å². The van der Waals surface area contributed by atoms with Gasteiger partial charge in [0, 0.05) is 25.0 Å². The maximum atomic E-state index is 13.1. The van der Waals surface area contributed by atoms with E-state index in [9.17, 15) is 23.1 Å². The van der Waals surface area contributed by atoms with E-state index in [0.29, 0.717) is 35.8 Å². The molecule has 0 fully saturated rings. The summed E-state index contributed by atoms with van der Waals surface area (Å²) < 4.78 is 47.2. The van der Waals surface area contributed by atoms with Gasteiger partial charge in [0.15, 0.2) is 9.84 Å². The van der Waals surface area contributed by atoms with Crippen molar-refractivity contribution in [1.82, 2.24) is 4.57 Å². The zero-order chi connectivity index (χ0) is 29.7. The van der Waals surface area contributed by atoms with Crippen LogP contribution >= 0.6 is 0 Å². The van der Waals surface area contributed by atoms with Gasteiger partial charge in [-0.05, 0) is 67.3 Å². The Kier molecular flexibility index (Phi) is 9.65. The molecule has 0 aliphatic heterocycles. The summed E-state index contributed by atoms with van der Waals surface area (Å²) >= 11 is 0. The standard InChI is InChI=1S/C29H35NO9S/c1-19(18-36-5)38-22-15-20(16-23(17-22)39-21-7-9-24(10-8-21)40(6,34)35)25-11-12-26(27(31)32)30(25)28(33)37-14-13-29(2,3)4/h7-12,15-17,19H,13-14,18H2,1-6H3,(H,31,32)/t19-/m0/s1. The van der Waals surface area contributed by atoms with Gasteiger partial charge in [0.2, 0.25) is 0 Å².